The van der Waals surface area contributed by atoms with Crippen LogP contribution in [0.5, 0.6) is 0 Å². The molecule has 0 saturated heterocycles. The molecular formula is C23H14O4S2. The van der Waals surface area contributed by atoms with Gasteiger partial charge in [-0.2, -0.15) is 0 Å². The highest BCUT2D eigenvalue weighted by atomic mass is 32.1. The first-order chi connectivity index (χ1) is 14.1. The Bertz CT molecular complexity index is 1320. The van der Waals surface area contributed by atoms with E-state index >= 15 is 0 Å². The number of carbonyl (C=O) groups is 2. The summed E-state index contributed by atoms with van der Waals surface area (Å²) >= 11 is 2.86. The number of aromatic carboxylic acids is 1. The van der Waals surface area contributed by atoms with Crippen molar-refractivity contribution >= 4 is 55.5 Å². The van der Waals surface area contributed by atoms with Gasteiger partial charge in [-0.1, -0.05) is 36.4 Å². The van der Waals surface area contributed by atoms with Gasteiger partial charge in [-0.3, -0.25) is 4.79 Å². The van der Waals surface area contributed by atoms with Crippen LogP contribution in [0.4, 0.5) is 0 Å². The van der Waals surface area contributed by atoms with Crippen molar-refractivity contribution in [3.63, 3.8) is 0 Å². The number of Topliss-reactive ketones (excluding diaryl/α,β-unsaturated/α-hetero) is 1. The molecule has 3 heterocycles. The van der Waals surface area contributed by atoms with Crippen molar-refractivity contribution in [1.29, 1.82) is 0 Å². The van der Waals surface area contributed by atoms with E-state index < -0.39 is 5.97 Å². The lowest BCUT2D eigenvalue weighted by atomic mass is 10.1. The Kier molecular flexibility index (Phi) is 4.30. The minimum Gasteiger partial charge on any atom is -0.478 e. The first-order valence-electron chi connectivity index (χ1n) is 8.94. The minimum atomic E-state index is -1.02. The monoisotopic (exact) mass is 418 g/mol. The molecule has 29 heavy (non-hydrogen) atoms. The topological polar surface area (TPSA) is 67.5 Å². The summed E-state index contributed by atoms with van der Waals surface area (Å²) in [7, 11) is 0. The second-order valence-corrected chi connectivity index (χ2v) is 8.70. The fourth-order valence-electron chi connectivity index (χ4n) is 3.41. The van der Waals surface area contributed by atoms with Crippen LogP contribution in [0.1, 0.15) is 25.8 Å². The molecule has 0 aliphatic heterocycles. The average molecular weight is 418 g/mol. The number of carboxylic acids is 1. The molecule has 4 nitrogen and oxygen atoms in total. The molecule has 3 aromatic heterocycles. The first kappa shape index (κ1) is 17.8. The van der Waals surface area contributed by atoms with Gasteiger partial charge in [0, 0.05) is 37.2 Å². The van der Waals surface area contributed by atoms with Gasteiger partial charge in [0.25, 0.3) is 0 Å². The van der Waals surface area contributed by atoms with Crippen molar-refractivity contribution in [3.05, 3.63) is 82.2 Å². The standard InChI is InChI=1S/C23H14O4S2/c24-16(18-9-13-5-1-3-7-17(13)27-18)11-21-22(23(25)26)15(12-28-21)20-10-14-6-2-4-8-19(14)29-20/h1-10,12H,11H2,(H,25,26). The van der Waals surface area contributed by atoms with Crippen LogP contribution in [-0.2, 0) is 6.42 Å². The molecule has 0 aliphatic carbocycles. The Morgan fingerprint density at radius 3 is 2.48 bits per heavy atom. The molecule has 0 unspecified atom stereocenters. The second kappa shape index (κ2) is 6.99. The summed E-state index contributed by atoms with van der Waals surface area (Å²) < 4.78 is 6.75. The van der Waals surface area contributed by atoms with E-state index in [0.717, 1.165) is 20.3 Å². The summed E-state index contributed by atoms with van der Waals surface area (Å²) in [5.74, 6) is -1.00. The van der Waals surface area contributed by atoms with Crippen molar-refractivity contribution in [1.82, 2.24) is 0 Å². The Morgan fingerprint density at radius 1 is 0.966 bits per heavy atom. The van der Waals surface area contributed by atoms with E-state index in [1.165, 1.54) is 11.3 Å². The maximum absolute atomic E-state index is 12.8. The van der Waals surface area contributed by atoms with E-state index in [1.807, 2.05) is 53.9 Å². The lowest BCUT2D eigenvalue weighted by Gasteiger charge is -2.01. The summed E-state index contributed by atoms with van der Waals surface area (Å²) in [5.41, 5.74) is 1.51. The van der Waals surface area contributed by atoms with E-state index in [0.29, 0.717) is 16.0 Å². The first-order valence-corrected chi connectivity index (χ1v) is 10.6. The quantitative estimate of drug-likeness (QED) is 0.331. The van der Waals surface area contributed by atoms with Gasteiger partial charge in [-0.05, 0) is 29.7 Å². The second-order valence-electron chi connectivity index (χ2n) is 6.65. The van der Waals surface area contributed by atoms with Crippen LogP contribution in [0, 0.1) is 0 Å². The van der Waals surface area contributed by atoms with Crippen LogP contribution >= 0.6 is 22.7 Å². The third-order valence-corrected chi connectivity index (χ3v) is 6.93. The highest BCUT2D eigenvalue weighted by molar-refractivity contribution is 7.22. The molecular weight excluding hydrogens is 404 g/mol. The number of carbonyl (C=O) groups excluding carboxylic acids is 1. The lowest BCUT2D eigenvalue weighted by Crippen LogP contribution is -2.06. The van der Waals surface area contributed by atoms with Gasteiger partial charge in [0.1, 0.15) is 5.58 Å². The molecule has 2 aromatic carbocycles. The number of thiophene rings is 2. The normalized spacial score (nSPS) is 11.3. The average Bonchev–Trinajstić information content (AvgIpc) is 3.43. The highest BCUT2D eigenvalue weighted by Gasteiger charge is 2.24. The van der Waals surface area contributed by atoms with E-state index in [-0.39, 0.29) is 23.5 Å². The summed E-state index contributed by atoms with van der Waals surface area (Å²) in [4.78, 5) is 26.2. The van der Waals surface area contributed by atoms with Crippen molar-refractivity contribution < 1.29 is 19.1 Å². The smallest absolute Gasteiger partial charge is 0.337 e. The fraction of sp³-hybridized carbons (Fsp3) is 0.0435. The van der Waals surface area contributed by atoms with Gasteiger partial charge < -0.3 is 9.52 Å². The molecule has 0 aliphatic rings. The summed E-state index contributed by atoms with van der Waals surface area (Å²) in [6, 6.07) is 19.1. The SMILES string of the molecule is O=C(Cc1scc(-c2cc3ccccc3s2)c1C(=O)O)c1cc2ccccc2o1. The maximum atomic E-state index is 12.8. The molecule has 0 bridgehead atoms. The van der Waals surface area contributed by atoms with E-state index in [2.05, 4.69) is 0 Å². The van der Waals surface area contributed by atoms with Gasteiger partial charge >= 0.3 is 5.97 Å². The van der Waals surface area contributed by atoms with Gasteiger partial charge in [0.2, 0.25) is 5.78 Å². The minimum absolute atomic E-state index is 0.00296. The van der Waals surface area contributed by atoms with Gasteiger partial charge in [-0.15, -0.1) is 22.7 Å². The fourth-order valence-corrected chi connectivity index (χ4v) is 5.61. The Morgan fingerprint density at radius 2 is 1.72 bits per heavy atom. The number of ketones is 1. The van der Waals surface area contributed by atoms with E-state index in [9.17, 15) is 14.7 Å². The predicted molar refractivity (Wildman–Crippen MR) is 116 cm³/mol. The van der Waals surface area contributed by atoms with Gasteiger partial charge in [-0.25, -0.2) is 4.79 Å². The number of hydrogen-bond donors (Lipinski definition) is 1. The molecule has 0 amide bonds. The number of rotatable bonds is 5. The third kappa shape index (κ3) is 3.16. The largest absolute Gasteiger partial charge is 0.478 e. The molecule has 0 fully saturated rings. The van der Waals surface area contributed by atoms with Crippen LogP contribution in [-0.4, -0.2) is 16.9 Å². The zero-order valence-electron chi connectivity index (χ0n) is 15.0. The molecule has 0 atom stereocenters. The van der Waals surface area contributed by atoms with E-state index in [1.54, 1.807) is 23.5 Å². The van der Waals surface area contributed by atoms with Crippen molar-refractivity contribution in [3.8, 4) is 10.4 Å². The lowest BCUT2D eigenvalue weighted by molar-refractivity contribution is 0.0697. The number of benzene rings is 2. The zero-order valence-corrected chi connectivity index (χ0v) is 16.7. The molecule has 142 valence electrons. The molecule has 0 radical (unpaired) electrons. The highest BCUT2D eigenvalue weighted by Crippen LogP contribution is 2.39. The van der Waals surface area contributed by atoms with Crippen LogP contribution in [0.3, 0.4) is 0 Å². The summed E-state index contributed by atoms with van der Waals surface area (Å²) in [6.45, 7) is 0. The molecule has 6 heteroatoms. The van der Waals surface area contributed by atoms with Crippen molar-refractivity contribution in [2.75, 3.05) is 0 Å². The number of furan rings is 1. The zero-order chi connectivity index (χ0) is 20.0. The van der Waals surface area contributed by atoms with E-state index in [4.69, 9.17) is 4.42 Å². The number of hydrogen-bond acceptors (Lipinski definition) is 5. The number of carboxylic acid groups (broad SMARTS) is 1. The molecule has 5 rings (SSSR count). The van der Waals surface area contributed by atoms with Crippen LogP contribution in [0.2, 0.25) is 0 Å². The van der Waals surface area contributed by atoms with Crippen molar-refractivity contribution in [2.24, 2.45) is 0 Å². The van der Waals surface area contributed by atoms with Crippen molar-refractivity contribution in [2.45, 2.75) is 6.42 Å². The molecule has 1 N–H and O–H groups in total. The van der Waals surface area contributed by atoms with Gasteiger partial charge in [0.05, 0.1) is 5.56 Å². The third-order valence-electron chi connectivity index (χ3n) is 4.79. The summed E-state index contributed by atoms with van der Waals surface area (Å²) in [5, 5.41) is 13.6. The predicted octanol–water partition coefficient (Wildman–Crippen LogP) is 6.50. The van der Waals surface area contributed by atoms with Crippen LogP contribution in [0.25, 0.3) is 31.5 Å². The Hall–Kier alpha value is -3.22. The molecule has 0 saturated carbocycles. The number of para-hydroxylation sites is 1. The Labute approximate surface area is 173 Å². The molecule has 5 aromatic rings. The Balaban J connectivity index is 1.52. The van der Waals surface area contributed by atoms with Gasteiger partial charge in [0.15, 0.2) is 5.76 Å². The molecule has 0 spiro atoms. The summed E-state index contributed by atoms with van der Waals surface area (Å²) in [6.07, 6.45) is -0.00296. The van der Waals surface area contributed by atoms with Crippen LogP contribution < -0.4 is 0 Å². The number of fused-ring (bicyclic) bond motifs is 2. The van der Waals surface area contributed by atoms with Crippen LogP contribution in [0.15, 0.2) is 70.5 Å². The maximum Gasteiger partial charge on any atom is 0.337 e.